The first-order valence-electron chi connectivity index (χ1n) is 8.76. The van der Waals surface area contributed by atoms with E-state index in [0.717, 1.165) is 4.47 Å². The second kappa shape index (κ2) is 7.70. The average Bonchev–Trinajstić information content (AvgIpc) is 2.71. The van der Waals surface area contributed by atoms with Gasteiger partial charge in [0, 0.05) is 30.7 Å². The lowest BCUT2D eigenvalue weighted by Gasteiger charge is -2.33. The fourth-order valence-corrected chi connectivity index (χ4v) is 5.21. The highest BCUT2D eigenvalue weighted by atomic mass is 79.9. The van der Waals surface area contributed by atoms with Gasteiger partial charge in [-0.3, -0.25) is 9.69 Å². The summed E-state index contributed by atoms with van der Waals surface area (Å²) in [5.41, 5.74) is 0.364. The molecule has 3 aromatic rings. The molecule has 2 aromatic carbocycles. The monoisotopic (exact) mass is 463 g/mol. The molecule has 0 spiro atoms. The van der Waals surface area contributed by atoms with Gasteiger partial charge in [0.1, 0.15) is 5.52 Å². The Balaban J connectivity index is 1.46. The average molecular weight is 464 g/mol. The van der Waals surface area contributed by atoms with Crippen molar-refractivity contribution < 1.29 is 8.42 Å². The number of nitrogens with zero attached hydrogens (tertiary/aromatic N) is 5. The normalized spacial score (nSPS) is 16.5. The van der Waals surface area contributed by atoms with Gasteiger partial charge in [-0.05, 0) is 30.3 Å². The molecule has 4 rings (SSSR count). The van der Waals surface area contributed by atoms with Crippen LogP contribution in [0.5, 0.6) is 0 Å². The molecular formula is C18H18BrN5O3S. The Hall–Kier alpha value is -2.14. The molecule has 0 atom stereocenters. The molecule has 2 heterocycles. The van der Waals surface area contributed by atoms with Crippen molar-refractivity contribution >= 4 is 36.9 Å². The van der Waals surface area contributed by atoms with Gasteiger partial charge in [0.05, 0.1) is 17.0 Å². The van der Waals surface area contributed by atoms with Crippen LogP contribution in [-0.4, -0.2) is 58.8 Å². The van der Waals surface area contributed by atoms with E-state index in [1.807, 2.05) is 11.0 Å². The number of sulfonamides is 1. The summed E-state index contributed by atoms with van der Waals surface area (Å²) >= 11 is 3.31. The molecule has 1 aliphatic rings. The predicted octanol–water partition coefficient (Wildman–Crippen LogP) is 1.52. The molecule has 0 N–H and O–H groups in total. The quantitative estimate of drug-likeness (QED) is 0.582. The van der Waals surface area contributed by atoms with Gasteiger partial charge in [-0.1, -0.05) is 39.3 Å². The number of rotatable bonds is 4. The standard InChI is InChI=1S/C18H18BrN5O3S/c19-14-4-3-5-15(12-14)28(26,27)23-10-8-22(9-11-23)13-24-18(25)16-6-1-2-7-17(16)20-21-24/h1-7,12H,8-11,13H2. The van der Waals surface area contributed by atoms with Crippen molar-refractivity contribution in [3.05, 3.63) is 63.4 Å². The van der Waals surface area contributed by atoms with Gasteiger partial charge in [0.25, 0.3) is 5.56 Å². The number of fused-ring (bicyclic) bond motifs is 1. The Labute approximate surface area is 170 Å². The van der Waals surface area contributed by atoms with E-state index in [2.05, 4.69) is 26.2 Å². The Morgan fingerprint density at radius 3 is 2.50 bits per heavy atom. The van der Waals surface area contributed by atoms with E-state index in [-0.39, 0.29) is 17.1 Å². The smallest absolute Gasteiger partial charge is 0.278 e. The second-order valence-corrected chi connectivity index (χ2v) is 9.39. The molecule has 146 valence electrons. The molecule has 8 nitrogen and oxygen atoms in total. The summed E-state index contributed by atoms with van der Waals surface area (Å²) in [5, 5.41) is 8.61. The largest absolute Gasteiger partial charge is 0.282 e. The Kier molecular flexibility index (Phi) is 5.28. The van der Waals surface area contributed by atoms with Crippen molar-refractivity contribution in [2.75, 3.05) is 26.2 Å². The van der Waals surface area contributed by atoms with Crippen LogP contribution < -0.4 is 5.56 Å². The maximum atomic E-state index is 12.8. The van der Waals surface area contributed by atoms with Crippen LogP contribution in [0, 0.1) is 0 Å². The van der Waals surface area contributed by atoms with E-state index in [4.69, 9.17) is 0 Å². The number of hydrogen-bond donors (Lipinski definition) is 0. The van der Waals surface area contributed by atoms with Crippen LogP contribution in [0.15, 0.2) is 62.7 Å². The minimum Gasteiger partial charge on any atom is -0.282 e. The lowest BCUT2D eigenvalue weighted by molar-refractivity contribution is 0.141. The summed E-state index contributed by atoms with van der Waals surface area (Å²) in [7, 11) is -3.54. The van der Waals surface area contributed by atoms with Crippen LogP contribution in [0.2, 0.25) is 0 Å². The minimum absolute atomic E-state index is 0.199. The number of piperazine rings is 1. The first-order chi connectivity index (χ1) is 13.4. The van der Waals surface area contributed by atoms with Crippen molar-refractivity contribution in [1.29, 1.82) is 0 Å². The zero-order valence-electron chi connectivity index (χ0n) is 14.9. The molecule has 0 bridgehead atoms. The molecule has 1 saturated heterocycles. The van der Waals surface area contributed by atoms with Crippen molar-refractivity contribution in [1.82, 2.24) is 24.2 Å². The third kappa shape index (κ3) is 3.72. The summed E-state index contributed by atoms with van der Waals surface area (Å²) in [6, 6.07) is 13.8. The molecular weight excluding hydrogens is 446 g/mol. The van der Waals surface area contributed by atoms with Crippen LogP contribution in [-0.2, 0) is 16.7 Å². The third-order valence-electron chi connectivity index (χ3n) is 4.73. The Morgan fingerprint density at radius 1 is 1.00 bits per heavy atom. The number of benzene rings is 2. The van der Waals surface area contributed by atoms with E-state index in [1.165, 1.54) is 8.99 Å². The molecule has 10 heteroatoms. The summed E-state index contributed by atoms with van der Waals surface area (Å²) in [6.07, 6.45) is 0. The highest BCUT2D eigenvalue weighted by molar-refractivity contribution is 9.10. The molecule has 0 unspecified atom stereocenters. The fraction of sp³-hybridized carbons (Fsp3) is 0.278. The SMILES string of the molecule is O=c1c2ccccc2nnn1CN1CCN(S(=O)(=O)c2cccc(Br)c2)CC1. The van der Waals surface area contributed by atoms with Gasteiger partial charge in [-0.15, -0.1) is 5.10 Å². The molecule has 1 aliphatic heterocycles. The first kappa shape index (κ1) is 19.2. The Bertz CT molecular complexity index is 1170. The number of aromatic nitrogens is 3. The molecule has 0 aliphatic carbocycles. The third-order valence-corrected chi connectivity index (χ3v) is 7.12. The molecule has 0 radical (unpaired) electrons. The van der Waals surface area contributed by atoms with E-state index in [0.29, 0.717) is 37.1 Å². The number of halogens is 1. The second-order valence-electron chi connectivity index (χ2n) is 6.53. The lowest BCUT2D eigenvalue weighted by Crippen LogP contribution is -2.49. The van der Waals surface area contributed by atoms with Gasteiger partial charge in [0.15, 0.2) is 0 Å². The fourth-order valence-electron chi connectivity index (χ4n) is 3.19. The molecule has 1 fully saturated rings. The van der Waals surface area contributed by atoms with Gasteiger partial charge in [-0.2, -0.15) is 8.99 Å². The zero-order valence-corrected chi connectivity index (χ0v) is 17.3. The van der Waals surface area contributed by atoms with Gasteiger partial charge >= 0.3 is 0 Å². The lowest BCUT2D eigenvalue weighted by atomic mass is 10.2. The predicted molar refractivity (Wildman–Crippen MR) is 108 cm³/mol. The summed E-state index contributed by atoms with van der Waals surface area (Å²) < 4.78 is 29.1. The van der Waals surface area contributed by atoms with E-state index < -0.39 is 10.0 Å². The zero-order chi connectivity index (χ0) is 19.7. The van der Waals surface area contributed by atoms with Crippen molar-refractivity contribution in [3.63, 3.8) is 0 Å². The van der Waals surface area contributed by atoms with Gasteiger partial charge in [-0.25, -0.2) is 8.42 Å². The van der Waals surface area contributed by atoms with Crippen LogP contribution in [0.3, 0.4) is 0 Å². The topological polar surface area (TPSA) is 88.4 Å². The van der Waals surface area contributed by atoms with Crippen LogP contribution in [0.25, 0.3) is 10.9 Å². The number of hydrogen-bond acceptors (Lipinski definition) is 6. The highest BCUT2D eigenvalue weighted by Crippen LogP contribution is 2.21. The molecule has 1 aromatic heterocycles. The van der Waals surface area contributed by atoms with Crippen molar-refractivity contribution in [3.8, 4) is 0 Å². The van der Waals surface area contributed by atoms with E-state index in [1.54, 1.807) is 42.5 Å². The van der Waals surface area contributed by atoms with Crippen molar-refractivity contribution in [2.45, 2.75) is 11.6 Å². The summed E-state index contributed by atoms with van der Waals surface area (Å²) in [5.74, 6) is 0. The van der Waals surface area contributed by atoms with Gasteiger partial charge < -0.3 is 0 Å². The maximum absolute atomic E-state index is 12.8. The first-order valence-corrected chi connectivity index (χ1v) is 11.0. The summed E-state index contributed by atoms with van der Waals surface area (Å²) in [4.78, 5) is 14.8. The summed E-state index contributed by atoms with van der Waals surface area (Å²) in [6.45, 7) is 2.00. The maximum Gasteiger partial charge on any atom is 0.278 e. The Morgan fingerprint density at radius 2 is 1.75 bits per heavy atom. The van der Waals surface area contributed by atoms with Crippen LogP contribution >= 0.6 is 15.9 Å². The highest BCUT2D eigenvalue weighted by Gasteiger charge is 2.28. The van der Waals surface area contributed by atoms with Crippen molar-refractivity contribution in [2.24, 2.45) is 0 Å². The van der Waals surface area contributed by atoms with E-state index >= 15 is 0 Å². The van der Waals surface area contributed by atoms with Crippen LogP contribution in [0.1, 0.15) is 0 Å². The molecule has 0 saturated carbocycles. The van der Waals surface area contributed by atoms with Gasteiger partial charge in [0.2, 0.25) is 10.0 Å². The van der Waals surface area contributed by atoms with E-state index in [9.17, 15) is 13.2 Å². The van der Waals surface area contributed by atoms with Crippen LogP contribution in [0.4, 0.5) is 0 Å². The molecule has 28 heavy (non-hydrogen) atoms. The minimum atomic E-state index is -3.54. The molecule has 0 amide bonds.